The molecule has 1 fully saturated rings. The van der Waals surface area contributed by atoms with Gasteiger partial charge in [-0.2, -0.15) is 0 Å². The molecule has 0 bridgehead atoms. The van der Waals surface area contributed by atoms with Crippen molar-refractivity contribution in [1.82, 2.24) is 20.5 Å². The number of carbonyl (C=O) groups is 2. The predicted octanol–water partition coefficient (Wildman–Crippen LogP) is 0.902. The maximum Gasteiger partial charge on any atom is 0.315 e. The van der Waals surface area contributed by atoms with Crippen molar-refractivity contribution in [3.63, 3.8) is 0 Å². The Kier molecular flexibility index (Phi) is 6.00. The number of hydrogen-bond acceptors (Lipinski definition) is 4. The Hall–Kier alpha value is -2.31. The lowest BCUT2D eigenvalue weighted by atomic mass is 10.3. The predicted molar refractivity (Wildman–Crippen MR) is 81.5 cm³/mol. The average Bonchev–Trinajstić information content (AvgIpc) is 3.08. The Morgan fingerprint density at radius 1 is 1.27 bits per heavy atom. The van der Waals surface area contributed by atoms with Crippen molar-refractivity contribution >= 4 is 11.9 Å². The summed E-state index contributed by atoms with van der Waals surface area (Å²) in [4.78, 5) is 29.4. The van der Waals surface area contributed by atoms with Crippen molar-refractivity contribution in [3.05, 3.63) is 23.9 Å². The normalized spacial score (nSPS) is 13.8. The van der Waals surface area contributed by atoms with Gasteiger partial charge in [0.2, 0.25) is 11.8 Å². The van der Waals surface area contributed by atoms with E-state index in [-0.39, 0.29) is 11.9 Å². The molecule has 2 N–H and O–H groups in total. The van der Waals surface area contributed by atoms with Crippen LogP contribution in [0.1, 0.15) is 24.8 Å². The fourth-order valence-electron chi connectivity index (χ4n) is 2.29. The molecule has 7 nitrogen and oxygen atoms in total. The van der Waals surface area contributed by atoms with Crippen LogP contribution in [0.5, 0.6) is 5.88 Å². The van der Waals surface area contributed by atoms with Gasteiger partial charge >= 0.3 is 6.03 Å². The summed E-state index contributed by atoms with van der Waals surface area (Å²) < 4.78 is 4.97. The zero-order chi connectivity index (χ0) is 15.8. The van der Waals surface area contributed by atoms with Crippen molar-refractivity contribution in [2.45, 2.75) is 25.8 Å². The third-order valence-corrected chi connectivity index (χ3v) is 3.54. The summed E-state index contributed by atoms with van der Waals surface area (Å²) in [5.41, 5.74) is 0.879. The highest BCUT2D eigenvalue weighted by atomic mass is 16.5. The third kappa shape index (κ3) is 4.91. The molecular weight excluding hydrogens is 284 g/mol. The molecule has 0 aromatic carbocycles. The minimum absolute atomic E-state index is 0.108. The van der Waals surface area contributed by atoms with Crippen LogP contribution in [0.25, 0.3) is 0 Å². The molecule has 0 aliphatic carbocycles. The van der Waals surface area contributed by atoms with Crippen LogP contribution in [-0.4, -0.2) is 48.6 Å². The van der Waals surface area contributed by atoms with Crippen molar-refractivity contribution in [2.75, 3.05) is 26.7 Å². The Morgan fingerprint density at radius 3 is 2.68 bits per heavy atom. The molecule has 120 valence electrons. The van der Waals surface area contributed by atoms with Gasteiger partial charge in [0.15, 0.2) is 0 Å². The van der Waals surface area contributed by atoms with Crippen LogP contribution >= 0.6 is 0 Å². The van der Waals surface area contributed by atoms with Gasteiger partial charge in [0.1, 0.15) is 0 Å². The fraction of sp³-hybridized carbons (Fsp3) is 0.533. The molecule has 0 saturated carbocycles. The van der Waals surface area contributed by atoms with E-state index in [1.54, 1.807) is 19.4 Å². The first-order valence-corrected chi connectivity index (χ1v) is 7.47. The van der Waals surface area contributed by atoms with Crippen molar-refractivity contribution in [3.8, 4) is 5.88 Å². The molecule has 0 atom stereocenters. The largest absolute Gasteiger partial charge is 0.481 e. The molecule has 7 heteroatoms. The second-order valence-corrected chi connectivity index (χ2v) is 5.16. The molecule has 0 spiro atoms. The van der Waals surface area contributed by atoms with Gasteiger partial charge in [-0.25, -0.2) is 9.78 Å². The van der Waals surface area contributed by atoms with Crippen molar-refractivity contribution in [2.24, 2.45) is 0 Å². The van der Waals surface area contributed by atoms with E-state index < -0.39 is 0 Å². The number of aromatic nitrogens is 1. The molecule has 1 saturated heterocycles. The molecule has 2 heterocycles. The van der Waals surface area contributed by atoms with Crippen LogP contribution in [0.3, 0.4) is 0 Å². The Bertz CT molecular complexity index is 498. The summed E-state index contributed by atoms with van der Waals surface area (Å²) in [5.74, 6) is 0.644. The smallest absolute Gasteiger partial charge is 0.315 e. The van der Waals surface area contributed by atoms with E-state index in [0.29, 0.717) is 25.4 Å². The number of hydrogen-bond donors (Lipinski definition) is 2. The van der Waals surface area contributed by atoms with Crippen LogP contribution in [0.2, 0.25) is 0 Å². The van der Waals surface area contributed by atoms with Gasteiger partial charge in [0.25, 0.3) is 0 Å². The van der Waals surface area contributed by atoms with Crippen LogP contribution in [0, 0.1) is 0 Å². The van der Waals surface area contributed by atoms with E-state index in [9.17, 15) is 9.59 Å². The molecule has 1 aliphatic rings. The minimum atomic E-state index is -0.287. The minimum Gasteiger partial charge on any atom is -0.481 e. The fourth-order valence-corrected chi connectivity index (χ4v) is 2.29. The van der Waals surface area contributed by atoms with E-state index in [1.807, 2.05) is 11.0 Å². The summed E-state index contributed by atoms with van der Waals surface area (Å²) in [5, 5.41) is 5.41. The number of amides is 3. The summed E-state index contributed by atoms with van der Waals surface area (Å²) >= 11 is 0. The van der Waals surface area contributed by atoms with E-state index in [0.717, 1.165) is 31.5 Å². The molecule has 1 aromatic rings. The molecule has 0 unspecified atom stereocenters. The van der Waals surface area contributed by atoms with Gasteiger partial charge in [-0.3, -0.25) is 4.79 Å². The van der Waals surface area contributed by atoms with Gasteiger partial charge in [-0.05, 0) is 18.4 Å². The second-order valence-electron chi connectivity index (χ2n) is 5.16. The number of likely N-dealkylation sites (tertiary alicyclic amines) is 1. The van der Waals surface area contributed by atoms with Gasteiger partial charge in [-0.1, -0.05) is 6.07 Å². The molecule has 3 amide bonds. The summed E-state index contributed by atoms with van der Waals surface area (Å²) in [6, 6.07) is 3.29. The van der Waals surface area contributed by atoms with E-state index in [2.05, 4.69) is 15.6 Å². The number of carbonyl (C=O) groups excluding carboxylic acids is 2. The highest BCUT2D eigenvalue weighted by Crippen LogP contribution is 2.08. The van der Waals surface area contributed by atoms with Crippen molar-refractivity contribution in [1.29, 1.82) is 0 Å². The first-order chi connectivity index (χ1) is 10.7. The van der Waals surface area contributed by atoms with Gasteiger partial charge < -0.3 is 20.3 Å². The first kappa shape index (κ1) is 16.1. The number of nitrogens with zero attached hydrogens (tertiary/aromatic N) is 2. The molecule has 2 rings (SSSR count). The molecular formula is C15H22N4O3. The monoisotopic (exact) mass is 306 g/mol. The topological polar surface area (TPSA) is 83.6 Å². The highest BCUT2D eigenvalue weighted by Gasteiger charge is 2.17. The maximum atomic E-state index is 11.8. The summed E-state index contributed by atoms with van der Waals surface area (Å²) in [6.45, 7) is 2.41. The molecule has 1 aromatic heterocycles. The number of pyridine rings is 1. The lowest BCUT2D eigenvalue weighted by molar-refractivity contribution is -0.129. The zero-order valence-corrected chi connectivity index (χ0v) is 12.8. The van der Waals surface area contributed by atoms with E-state index >= 15 is 0 Å². The lowest BCUT2D eigenvalue weighted by Crippen LogP contribution is -2.38. The zero-order valence-electron chi connectivity index (χ0n) is 12.8. The maximum absolute atomic E-state index is 11.8. The summed E-state index contributed by atoms with van der Waals surface area (Å²) in [6.07, 6.45) is 4.15. The quantitative estimate of drug-likeness (QED) is 0.818. The first-order valence-electron chi connectivity index (χ1n) is 7.47. The number of ether oxygens (including phenoxy) is 1. The Balaban J connectivity index is 1.61. The van der Waals surface area contributed by atoms with Gasteiger partial charge in [0, 0.05) is 44.9 Å². The van der Waals surface area contributed by atoms with Gasteiger partial charge in [-0.15, -0.1) is 0 Å². The Morgan fingerprint density at radius 2 is 2.05 bits per heavy atom. The molecule has 1 aliphatic heterocycles. The summed E-state index contributed by atoms with van der Waals surface area (Å²) in [7, 11) is 1.55. The van der Waals surface area contributed by atoms with Crippen molar-refractivity contribution < 1.29 is 14.3 Å². The molecule has 0 radical (unpaired) electrons. The standard InChI is InChI=1S/C15H22N4O3/c1-22-13-5-4-12(10-17-13)11-18-15(21)16-7-6-14(20)19-8-2-3-9-19/h4-5,10H,2-3,6-9,11H2,1H3,(H2,16,18,21). The van der Waals surface area contributed by atoms with Crippen LogP contribution in [-0.2, 0) is 11.3 Å². The number of urea groups is 1. The highest BCUT2D eigenvalue weighted by molar-refractivity contribution is 5.78. The number of rotatable bonds is 6. The van der Waals surface area contributed by atoms with Crippen LogP contribution in [0.4, 0.5) is 4.79 Å². The lowest BCUT2D eigenvalue weighted by Gasteiger charge is -2.15. The number of methoxy groups -OCH3 is 1. The van der Waals surface area contributed by atoms with Crippen LogP contribution in [0.15, 0.2) is 18.3 Å². The van der Waals surface area contributed by atoms with Gasteiger partial charge in [0.05, 0.1) is 7.11 Å². The second kappa shape index (κ2) is 8.21. The van der Waals surface area contributed by atoms with E-state index in [1.165, 1.54) is 0 Å². The SMILES string of the molecule is COc1ccc(CNC(=O)NCCC(=O)N2CCCC2)cn1. The van der Waals surface area contributed by atoms with E-state index in [4.69, 9.17) is 4.74 Å². The third-order valence-electron chi connectivity index (χ3n) is 3.54. The van der Waals surface area contributed by atoms with Crippen LogP contribution < -0.4 is 15.4 Å². The average molecular weight is 306 g/mol. The number of nitrogens with one attached hydrogen (secondary N) is 2. The molecule has 22 heavy (non-hydrogen) atoms. The Labute approximate surface area is 130 Å².